The number of benzene rings is 1. The van der Waals surface area contributed by atoms with Gasteiger partial charge in [-0.2, -0.15) is 26.3 Å². The van der Waals surface area contributed by atoms with Gasteiger partial charge in [-0.25, -0.2) is 0 Å². The molecule has 2 fully saturated rings. The number of hydrogen-bond acceptors (Lipinski definition) is 8. The van der Waals surface area contributed by atoms with Crippen molar-refractivity contribution in [3.8, 4) is 11.5 Å². The third-order valence-corrected chi connectivity index (χ3v) is 12.8. The first-order valence-corrected chi connectivity index (χ1v) is 20.7. The number of halogens is 6. The number of likely N-dealkylation sites (N-methyl/N-ethyl adjacent to an activating group) is 1. The summed E-state index contributed by atoms with van der Waals surface area (Å²) < 4.78 is 96.1. The molecular weight excluding hydrogens is 805 g/mol. The number of thiophene rings is 1. The smallest absolute Gasteiger partial charge is 0.425 e. The number of piperidine rings is 1. The lowest BCUT2D eigenvalue weighted by atomic mass is 9.66. The Balaban J connectivity index is 1.44. The van der Waals surface area contributed by atoms with Gasteiger partial charge in [-0.05, 0) is 76.5 Å². The van der Waals surface area contributed by atoms with Gasteiger partial charge >= 0.3 is 18.3 Å². The molecule has 3 heterocycles. The molecule has 5 rings (SSSR count). The van der Waals surface area contributed by atoms with Gasteiger partial charge in [0.05, 0.1) is 28.7 Å². The number of aliphatic hydroxyl groups is 1. The van der Waals surface area contributed by atoms with Crippen molar-refractivity contribution in [2.75, 3.05) is 20.1 Å². The summed E-state index contributed by atoms with van der Waals surface area (Å²) in [6.07, 6.45) is -5.52. The highest BCUT2D eigenvalue weighted by atomic mass is 32.1. The molecule has 59 heavy (non-hydrogen) atoms. The molecular formula is C42H51F6N3O7S. The lowest BCUT2D eigenvalue weighted by molar-refractivity contribution is -0.158. The standard InChI is InChI=1S/C42H51F6N3O7S/c1-5-12-32-40(58-28-25-33(59-26-28)42(46,47)48,19-11-23-51(32)35(52)34-30(41(43,44)45)14-9-22-49-34)36(53)50(4)24-21-39(56,6-2)29-13-7-8-15-31(29)57-27(3)16-20-38(37(54)55)17-10-18-38/h7-9,13-15,22,25-27,32,56H,5-6,10-12,16-21,23-24H2,1-4H3,(H,54,55)/t27-,32-,39?,40+/m1/s1. The maximum absolute atomic E-state index is 14.9. The van der Waals surface area contributed by atoms with E-state index in [9.17, 15) is 50.9 Å². The van der Waals surface area contributed by atoms with Crippen LogP contribution in [-0.4, -0.2) is 80.7 Å². The van der Waals surface area contributed by atoms with Gasteiger partial charge in [0.1, 0.15) is 22.1 Å². The molecule has 1 aliphatic carbocycles. The topological polar surface area (TPSA) is 130 Å². The Morgan fingerprint density at radius 1 is 1.02 bits per heavy atom. The number of carboxylic acids is 1. The van der Waals surface area contributed by atoms with E-state index < -0.39 is 75.0 Å². The number of likely N-dealkylation sites (tertiary alicyclic amines) is 1. The number of carbonyl (C=O) groups excluding carboxylic acids is 2. The van der Waals surface area contributed by atoms with Crippen molar-refractivity contribution < 1.29 is 60.4 Å². The third kappa shape index (κ3) is 9.82. The Kier molecular flexibility index (Phi) is 14.0. The minimum atomic E-state index is -4.93. The van der Waals surface area contributed by atoms with E-state index in [0.29, 0.717) is 54.8 Å². The second-order valence-corrected chi connectivity index (χ2v) is 16.6. The predicted octanol–water partition coefficient (Wildman–Crippen LogP) is 9.35. The van der Waals surface area contributed by atoms with Gasteiger partial charge in [0, 0.05) is 49.8 Å². The lowest BCUT2D eigenvalue weighted by Crippen LogP contribution is -2.67. The highest BCUT2D eigenvalue weighted by molar-refractivity contribution is 7.10. The molecule has 17 heteroatoms. The Bertz CT molecular complexity index is 1950. The van der Waals surface area contributed by atoms with Crippen molar-refractivity contribution >= 4 is 29.1 Å². The van der Waals surface area contributed by atoms with Crippen molar-refractivity contribution in [2.24, 2.45) is 5.41 Å². The van der Waals surface area contributed by atoms with Crippen LogP contribution in [0.3, 0.4) is 0 Å². The van der Waals surface area contributed by atoms with Crippen molar-refractivity contribution in [2.45, 2.75) is 127 Å². The van der Waals surface area contributed by atoms with Crippen molar-refractivity contribution in [3.63, 3.8) is 0 Å². The molecule has 0 bridgehead atoms. The minimum absolute atomic E-state index is 0.0423. The Morgan fingerprint density at radius 2 is 1.71 bits per heavy atom. The van der Waals surface area contributed by atoms with Gasteiger partial charge in [-0.15, -0.1) is 11.3 Å². The van der Waals surface area contributed by atoms with Crippen LogP contribution in [0.5, 0.6) is 11.5 Å². The van der Waals surface area contributed by atoms with E-state index in [2.05, 4.69) is 4.98 Å². The molecule has 2 aliphatic rings. The van der Waals surface area contributed by atoms with Crippen LogP contribution in [0.25, 0.3) is 0 Å². The average Bonchev–Trinajstić information content (AvgIpc) is 3.65. The second-order valence-electron chi connectivity index (χ2n) is 15.7. The van der Waals surface area contributed by atoms with Crippen LogP contribution in [0, 0.1) is 5.41 Å². The largest absolute Gasteiger partial charge is 0.490 e. The van der Waals surface area contributed by atoms with Crippen LogP contribution in [0.4, 0.5) is 26.3 Å². The highest BCUT2D eigenvalue weighted by Gasteiger charge is 2.56. The number of aromatic nitrogens is 1. The molecule has 1 saturated heterocycles. The summed E-state index contributed by atoms with van der Waals surface area (Å²) in [6, 6.07) is 8.18. The Hall–Kier alpha value is -4.38. The molecule has 10 nitrogen and oxygen atoms in total. The van der Waals surface area contributed by atoms with Crippen LogP contribution in [0.15, 0.2) is 54.0 Å². The van der Waals surface area contributed by atoms with E-state index in [1.165, 1.54) is 11.9 Å². The third-order valence-electron chi connectivity index (χ3n) is 11.8. The molecule has 3 aromatic rings. The molecule has 4 atom stereocenters. The van der Waals surface area contributed by atoms with Crippen molar-refractivity contribution in [3.05, 3.63) is 75.7 Å². The van der Waals surface area contributed by atoms with Crippen LogP contribution in [-0.2, 0) is 27.5 Å². The zero-order valence-corrected chi connectivity index (χ0v) is 34.3. The summed E-state index contributed by atoms with van der Waals surface area (Å²) >= 11 is 0.355. The molecule has 2 N–H and O–H groups in total. The molecule has 1 unspecified atom stereocenters. The van der Waals surface area contributed by atoms with E-state index in [1.807, 2.05) is 6.92 Å². The maximum atomic E-state index is 14.9. The van der Waals surface area contributed by atoms with E-state index >= 15 is 0 Å². The second kappa shape index (κ2) is 18.1. The fourth-order valence-corrected chi connectivity index (χ4v) is 8.92. The molecule has 2 aromatic heterocycles. The number of carboxylic acid groups (broad SMARTS) is 1. The highest BCUT2D eigenvalue weighted by Crippen LogP contribution is 2.46. The van der Waals surface area contributed by atoms with Gasteiger partial charge in [-0.1, -0.05) is 44.9 Å². The number of amides is 2. The first-order chi connectivity index (χ1) is 27.7. The molecule has 1 saturated carbocycles. The number of alkyl halides is 6. The Labute approximate surface area is 343 Å². The predicted molar refractivity (Wildman–Crippen MR) is 207 cm³/mol. The summed E-state index contributed by atoms with van der Waals surface area (Å²) in [5, 5.41) is 23.0. The number of para-hydroxylation sites is 1. The van der Waals surface area contributed by atoms with Gasteiger partial charge in [-0.3, -0.25) is 19.4 Å². The first-order valence-electron chi connectivity index (χ1n) is 19.9. The molecule has 0 radical (unpaired) electrons. The van der Waals surface area contributed by atoms with Crippen molar-refractivity contribution in [1.29, 1.82) is 0 Å². The summed E-state index contributed by atoms with van der Waals surface area (Å²) in [7, 11) is 1.44. The van der Waals surface area contributed by atoms with E-state index in [0.717, 1.165) is 41.1 Å². The Morgan fingerprint density at radius 3 is 2.31 bits per heavy atom. The van der Waals surface area contributed by atoms with Crippen molar-refractivity contribution in [1.82, 2.24) is 14.8 Å². The molecule has 1 aromatic carbocycles. The summed E-state index contributed by atoms with van der Waals surface area (Å²) in [6.45, 7) is 5.14. The van der Waals surface area contributed by atoms with Gasteiger partial charge in [0.2, 0.25) is 5.60 Å². The van der Waals surface area contributed by atoms with Gasteiger partial charge in [0.15, 0.2) is 0 Å². The number of nitrogens with zero attached hydrogens (tertiary/aromatic N) is 3. The fraction of sp³-hybridized carbons (Fsp3) is 0.571. The molecule has 2 amide bonds. The van der Waals surface area contributed by atoms with Gasteiger partial charge < -0.3 is 29.5 Å². The van der Waals surface area contributed by atoms with Crippen LogP contribution < -0.4 is 9.47 Å². The van der Waals surface area contributed by atoms with Crippen LogP contribution in [0.2, 0.25) is 0 Å². The summed E-state index contributed by atoms with van der Waals surface area (Å²) in [5.41, 5.74) is -6.07. The van der Waals surface area contributed by atoms with Crippen LogP contribution in [0.1, 0.15) is 118 Å². The normalized spacial score (nSPS) is 20.9. The quantitative estimate of drug-likeness (QED) is 0.129. The number of aliphatic carboxylic acids is 1. The zero-order valence-electron chi connectivity index (χ0n) is 33.5. The number of ether oxygens (including phenoxy) is 2. The van der Waals surface area contributed by atoms with Crippen LogP contribution >= 0.6 is 11.3 Å². The fourth-order valence-electron chi connectivity index (χ4n) is 8.24. The summed E-state index contributed by atoms with van der Waals surface area (Å²) in [4.78, 5) is 46.1. The number of carbonyl (C=O) groups is 3. The van der Waals surface area contributed by atoms with Gasteiger partial charge in [0.25, 0.3) is 11.8 Å². The molecule has 324 valence electrons. The average molecular weight is 856 g/mol. The lowest BCUT2D eigenvalue weighted by Gasteiger charge is -2.49. The molecule has 0 spiro atoms. The zero-order chi connectivity index (χ0) is 43.4. The monoisotopic (exact) mass is 855 g/mol. The maximum Gasteiger partial charge on any atom is 0.425 e. The molecule has 1 aliphatic heterocycles. The van der Waals surface area contributed by atoms with E-state index in [1.54, 1.807) is 38.1 Å². The summed E-state index contributed by atoms with van der Waals surface area (Å²) in [5.74, 6) is -2.55. The number of rotatable bonds is 17. The number of pyridine rings is 1. The SMILES string of the molecule is CCC[C@H]1N(C(=O)c2ncccc2C(F)(F)F)CCC[C@@]1(Oc1csc(C(F)(F)F)c1)C(=O)N(C)CCC(O)(CC)c1ccccc1O[C@H](C)CCC1(C(=O)O)CCC1. The van der Waals surface area contributed by atoms with E-state index in [-0.39, 0.29) is 50.9 Å². The number of hydrogen-bond donors (Lipinski definition) is 2. The van der Waals surface area contributed by atoms with E-state index in [4.69, 9.17) is 9.47 Å². The first kappa shape index (κ1) is 45.7. The minimum Gasteiger partial charge on any atom is -0.490 e.